The minimum Gasteiger partial charge on any atom is -0.385 e. The van der Waals surface area contributed by atoms with Crippen molar-refractivity contribution >= 4 is 5.91 Å². The Bertz CT molecular complexity index is 506. The van der Waals surface area contributed by atoms with Gasteiger partial charge in [-0.15, -0.1) is 6.58 Å². The lowest BCUT2D eigenvalue weighted by Gasteiger charge is -2.36. The highest BCUT2D eigenvalue weighted by Gasteiger charge is 2.31. The summed E-state index contributed by atoms with van der Waals surface area (Å²) in [6.45, 7) is 7.65. The molecule has 6 nitrogen and oxygen atoms in total. The average Bonchev–Trinajstić information content (AvgIpc) is 2.97. The Labute approximate surface area is 131 Å². The van der Waals surface area contributed by atoms with Crippen LogP contribution in [0.2, 0.25) is 0 Å². The van der Waals surface area contributed by atoms with Crippen LogP contribution in [-0.4, -0.2) is 51.1 Å². The van der Waals surface area contributed by atoms with Gasteiger partial charge in [0.05, 0.1) is 6.04 Å². The maximum absolute atomic E-state index is 12.0. The molecule has 2 heterocycles. The first-order valence-corrected chi connectivity index (χ1v) is 7.82. The van der Waals surface area contributed by atoms with Crippen LogP contribution in [0.25, 0.3) is 0 Å². The van der Waals surface area contributed by atoms with Crippen LogP contribution in [0, 0.1) is 5.92 Å². The topological polar surface area (TPSA) is 70.4 Å². The number of rotatable bonds is 6. The minimum absolute atomic E-state index is 0.0306. The number of amides is 1. The average molecular weight is 306 g/mol. The van der Waals surface area contributed by atoms with E-state index in [-0.39, 0.29) is 17.9 Å². The van der Waals surface area contributed by atoms with Crippen LogP contribution in [0.4, 0.5) is 0 Å². The number of likely N-dealkylation sites (tertiary alicyclic amines) is 1. The SMILES string of the molecule is C=CCNC(=O)C(C)N1CCC(C(O)c2nccn2C)CC1. The Hall–Kier alpha value is -1.66. The quantitative estimate of drug-likeness (QED) is 0.765. The summed E-state index contributed by atoms with van der Waals surface area (Å²) < 4.78 is 1.86. The van der Waals surface area contributed by atoms with E-state index in [1.165, 1.54) is 0 Å². The molecule has 1 saturated heterocycles. The Morgan fingerprint density at radius 3 is 2.82 bits per heavy atom. The summed E-state index contributed by atoms with van der Waals surface area (Å²) in [7, 11) is 1.90. The molecule has 0 saturated carbocycles. The zero-order chi connectivity index (χ0) is 16.1. The Morgan fingerprint density at radius 1 is 1.59 bits per heavy atom. The third-order valence-electron chi connectivity index (χ3n) is 4.49. The zero-order valence-corrected chi connectivity index (χ0v) is 13.4. The number of aromatic nitrogens is 2. The number of piperidine rings is 1. The van der Waals surface area contributed by atoms with Crippen molar-refractivity contribution in [2.24, 2.45) is 13.0 Å². The lowest BCUT2D eigenvalue weighted by molar-refractivity contribution is -0.126. The van der Waals surface area contributed by atoms with Crippen molar-refractivity contribution in [2.45, 2.75) is 31.9 Å². The van der Waals surface area contributed by atoms with Crippen molar-refractivity contribution in [3.63, 3.8) is 0 Å². The van der Waals surface area contributed by atoms with Crippen LogP contribution in [0.15, 0.2) is 25.0 Å². The molecule has 2 unspecified atom stereocenters. The summed E-state index contributed by atoms with van der Waals surface area (Å²) in [6, 6.07) is -0.147. The predicted molar refractivity (Wildman–Crippen MR) is 85.1 cm³/mol. The summed E-state index contributed by atoms with van der Waals surface area (Å²) in [5, 5.41) is 13.3. The van der Waals surface area contributed by atoms with Crippen LogP contribution >= 0.6 is 0 Å². The molecule has 2 rings (SSSR count). The van der Waals surface area contributed by atoms with Gasteiger partial charge in [0.1, 0.15) is 11.9 Å². The smallest absolute Gasteiger partial charge is 0.237 e. The van der Waals surface area contributed by atoms with Crippen LogP contribution in [0.3, 0.4) is 0 Å². The molecule has 0 spiro atoms. The summed E-state index contributed by atoms with van der Waals surface area (Å²) >= 11 is 0. The van der Waals surface area contributed by atoms with Crippen molar-refractivity contribution < 1.29 is 9.90 Å². The first-order chi connectivity index (χ1) is 10.5. The highest BCUT2D eigenvalue weighted by Crippen LogP contribution is 2.30. The molecular formula is C16H26N4O2. The maximum Gasteiger partial charge on any atom is 0.237 e. The van der Waals surface area contributed by atoms with Crippen molar-refractivity contribution in [2.75, 3.05) is 19.6 Å². The second kappa shape index (κ2) is 7.56. The first-order valence-electron chi connectivity index (χ1n) is 7.82. The fourth-order valence-electron chi connectivity index (χ4n) is 2.98. The lowest BCUT2D eigenvalue weighted by atomic mass is 9.90. The van der Waals surface area contributed by atoms with E-state index in [9.17, 15) is 9.90 Å². The van der Waals surface area contributed by atoms with Crippen molar-refractivity contribution in [3.8, 4) is 0 Å². The highest BCUT2D eigenvalue weighted by molar-refractivity contribution is 5.81. The fraction of sp³-hybridized carbons (Fsp3) is 0.625. The number of nitrogens with zero attached hydrogens (tertiary/aromatic N) is 3. The molecule has 1 fully saturated rings. The van der Waals surface area contributed by atoms with E-state index in [1.807, 2.05) is 24.7 Å². The van der Waals surface area contributed by atoms with Crippen molar-refractivity contribution in [1.29, 1.82) is 0 Å². The molecule has 1 aromatic rings. The van der Waals surface area contributed by atoms with Gasteiger partial charge in [0, 0.05) is 26.0 Å². The normalized spacial score (nSPS) is 19.6. The Kier molecular flexibility index (Phi) is 5.74. The Balaban J connectivity index is 1.86. The molecule has 0 radical (unpaired) electrons. The monoisotopic (exact) mass is 306 g/mol. The fourth-order valence-corrected chi connectivity index (χ4v) is 2.98. The number of aliphatic hydroxyl groups is 1. The van der Waals surface area contributed by atoms with Crippen LogP contribution in [0.1, 0.15) is 31.7 Å². The van der Waals surface area contributed by atoms with Crippen molar-refractivity contribution in [3.05, 3.63) is 30.9 Å². The molecule has 0 aromatic carbocycles. The largest absolute Gasteiger partial charge is 0.385 e. The zero-order valence-electron chi connectivity index (χ0n) is 13.4. The highest BCUT2D eigenvalue weighted by atomic mass is 16.3. The number of aryl methyl sites for hydroxylation is 1. The second-order valence-corrected chi connectivity index (χ2v) is 5.92. The number of hydrogen-bond acceptors (Lipinski definition) is 4. The van der Waals surface area contributed by atoms with E-state index < -0.39 is 6.10 Å². The molecule has 0 aliphatic carbocycles. The standard InChI is InChI=1S/C16H26N4O2/c1-4-7-18-16(22)12(2)20-9-5-13(6-10-20)14(21)15-17-8-11-19(15)3/h4,8,11-14,21H,1,5-7,9-10H2,2-3H3,(H,18,22). The summed E-state index contributed by atoms with van der Waals surface area (Å²) in [6.07, 6.45) is 6.44. The van der Waals surface area contributed by atoms with E-state index in [1.54, 1.807) is 12.3 Å². The maximum atomic E-state index is 12.0. The van der Waals surface area contributed by atoms with Gasteiger partial charge in [-0.3, -0.25) is 9.69 Å². The van der Waals surface area contributed by atoms with Gasteiger partial charge in [0.15, 0.2) is 0 Å². The van der Waals surface area contributed by atoms with Gasteiger partial charge in [0.2, 0.25) is 5.91 Å². The number of imidazole rings is 1. The van der Waals surface area contributed by atoms with Gasteiger partial charge in [-0.05, 0) is 38.8 Å². The van der Waals surface area contributed by atoms with Gasteiger partial charge < -0.3 is 15.0 Å². The number of carbonyl (C=O) groups excluding carboxylic acids is 1. The van der Waals surface area contributed by atoms with E-state index in [0.29, 0.717) is 6.54 Å². The molecule has 0 bridgehead atoms. The second-order valence-electron chi connectivity index (χ2n) is 5.92. The van der Waals surface area contributed by atoms with E-state index in [4.69, 9.17) is 0 Å². The van der Waals surface area contributed by atoms with E-state index >= 15 is 0 Å². The third-order valence-corrected chi connectivity index (χ3v) is 4.49. The number of carbonyl (C=O) groups is 1. The summed E-state index contributed by atoms with van der Waals surface area (Å²) in [5.74, 6) is 0.944. The van der Waals surface area contributed by atoms with Gasteiger partial charge >= 0.3 is 0 Å². The molecular weight excluding hydrogens is 280 g/mol. The number of nitrogens with one attached hydrogen (secondary N) is 1. The van der Waals surface area contributed by atoms with Gasteiger partial charge in [0.25, 0.3) is 0 Å². The molecule has 2 N–H and O–H groups in total. The Morgan fingerprint density at radius 2 is 2.27 bits per heavy atom. The summed E-state index contributed by atoms with van der Waals surface area (Å²) in [4.78, 5) is 18.4. The number of aliphatic hydroxyl groups excluding tert-OH is 1. The molecule has 2 atom stereocenters. The third kappa shape index (κ3) is 3.75. The molecule has 22 heavy (non-hydrogen) atoms. The van der Waals surface area contributed by atoms with Gasteiger partial charge in [-0.25, -0.2) is 4.98 Å². The molecule has 1 aliphatic heterocycles. The molecule has 122 valence electrons. The number of hydrogen-bond donors (Lipinski definition) is 2. The van der Waals surface area contributed by atoms with Crippen LogP contribution in [0.5, 0.6) is 0 Å². The summed E-state index contributed by atoms with van der Waals surface area (Å²) in [5.41, 5.74) is 0. The minimum atomic E-state index is -0.535. The van der Waals surface area contributed by atoms with Crippen molar-refractivity contribution in [1.82, 2.24) is 19.8 Å². The molecule has 6 heteroatoms. The van der Waals surface area contributed by atoms with Crippen LogP contribution < -0.4 is 5.32 Å². The molecule has 1 amide bonds. The van der Waals surface area contributed by atoms with Crippen LogP contribution in [-0.2, 0) is 11.8 Å². The van der Waals surface area contributed by atoms with Gasteiger partial charge in [-0.2, -0.15) is 0 Å². The van der Waals surface area contributed by atoms with Gasteiger partial charge in [-0.1, -0.05) is 6.08 Å². The van der Waals surface area contributed by atoms with E-state index in [0.717, 1.165) is 31.8 Å². The predicted octanol–water partition coefficient (Wildman–Crippen LogP) is 0.856. The molecule has 1 aliphatic rings. The molecule has 1 aromatic heterocycles. The lowest BCUT2D eigenvalue weighted by Crippen LogP contribution is -2.48. The van der Waals surface area contributed by atoms with E-state index in [2.05, 4.69) is 21.8 Å². The first kappa shape index (κ1) is 16.7.